The summed E-state index contributed by atoms with van der Waals surface area (Å²) in [6.45, 7) is 2.60. The van der Waals surface area contributed by atoms with Crippen molar-refractivity contribution in [3.63, 3.8) is 0 Å². The molecule has 2 aromatic heterocycles. The van der Waals surface area contributed by atoms with Gasteiger partial charge in [-0.25, -0.2) is 4.39 Å². The third-order valence-corrected chi connectivity index (χ3v) is 5.82. The molecule has 0 radical (unpaired) electrons. The Balaban J connectivity index is 1.26. The molecule has 8 heteroatoms. The Bertz CT molecular complexity index is 1060. The van der Waals surface area contributed by atoms with Crippen LogP contribution < -0.4 is 10.1 Å². The van der Waals surface area contributed by atoms with Crippen LogP contribution in [0.2, 0.25) is 0 Å². The molecule has 7 nitrogen and oxygen atoms in total. The molecule has 4 rings (SSSR count). The quantitative estimate of drug-likeness (QED) is 0.615. The van der Waals surface area contributed by atoms with Crippen molar-refractivity contribution in [3.05, 3.63) is 65.7 Å². The van der Waals surface area contributed by atoms with Crippen LogP contribution in [0.1, 0.15) is 24.1 Å². The highest BCUT2D eigenvalue weighted by Crippen LogP contribution is 2.20. The van der Waals surface area contributed by atoms with Gasteiger partial charge in [0, 0.05) is 38.9 Å². The fourth-order valence-corrected chi connectivity index (χ4v) is 4.04. The van der Waals surface area contributed by atoms with E-state index in [2.05, 4.69) is 26.4 Å². The molecule has 1 saturated heterocycles. The van der Waals surface area contributed by atoms with Gasteiger partial charge < -0.3 is 10.1 Å². The Morgan fingerprint density at radius 2 is 2.00 bits per heavy atom. The third kappa shape index (κ3) is 5.31. The first kappa shape index (κ1) is 22.0. The average Bonchev–Trinajstić information content (AvgIpc) is 3.16. The predicted octanol–water partition coefficient (Wildman–Crippen LogP) is 2.95. The van der Waals surface area contributed by atoms with E-state index in [9.17, 15) is 9.18 Å². The molecule has 3 heterocycles. The van der Waals surface area contributed by atoms with Gasteiger partial charge in [0.15, 0.2) is 11.6 Å². The number of methoxy groups -OCH3 is 1. The van der Waals surface area contributed by atoms with Crippen molar-refractivity contribution < 1.29 is 13.9 Å². The smallest absolute Gasteiger partial charge is 0.224 e. The molecule has 32 heavy (non-hydrogen) atoms. The maximum Gasteiger partial charge on any atom is 0.224 e. The number of carbonyl (C=O) groups excluding carboxylic acids is 1. The molecular formula is C24H28FN5O2. The second-order valence-electron chi connectivity index (χ2n) is 8.12. The number of benzene rings is 1. The Kier molecular flexibility index (Phi) is 6.80. The number of hydrogen-bond acceptors (Lipinski definition) is 5. The van der Waals surface area contributed by atoms with Gasteiger partial charge in [-0.2, -0.15) is 5.10 Å². The monoisotopic (exact) mass is 437 g/mol. The van der Waals surface area contributed by atoms with E-state index in [-0.39, 0.29) is 24.1 Å². The number of likely N-dealkylation sites (tertiary alicyclic amines) is 1. The van der Waals surface area contributed by atoms with Gasteiger partial charge in [0.2, 0.25) is 5.91 Å². The zero-order valence-electron chi connectivity index (χ0n) is 18.4. The Labute approximate surface area is 187 Å². The van der Waals surface area contributed by atoms with Crippen LogP contribution in [-0.4, -0.2) is 51.8 Å². The molecule has 0 spiro atoms. The molecule has 168 valence electrons. The lowest BCUT2D eigenvalue weighted by atomic mass is 10.0. The van der Waals surface area contributed by atoms with E-state index < -0.39 is 5.82 Å². The largest absolute Gasteiger partial charge is 0.494 e. The van der Waals surface area contributed by atoms with E-state index in [1.165, 1.54) is 13.2 Å². The zero-order chi connectivity index (χ0) is 22.5. The summed E-state index contributed by atoms with van der Waals surface area (Å²) in [6.07, 6.45) is 3.70. The molecule has 0 unspecified atom stereocenters. The van der Waals surface area contributed by atoms with Crippen LogP contribution >= 0.6 is 0 Å². The summed E-state index contributed by atoms with van der Waals surface area (Å²) in [5, 5.41) is 7.69. The average molecular weight is 438 g/mol. The summed E-state index contributed by atoms with van der Waals surface area (Å²) < 4.78 is 20.7. The van der Waals surface area contributed by atoms with Crippen molar-refractivity contribution in [1.82, 2.24) is 25.0 Å². The van der Waals surface area contributed by atoms with Crippen molar-refractivity contribution in [2.24, 2.45) is 7.05 Å². The molecule has 1 amide bonds. The van der Waals surface area contributed by atoms with Gasteiger partial charge in [0.1, 0.15) is 5.69 Å². The van der Waals surface area contributed by atoms with Crippen molar-refractivity contribution in [2.45, 2.75) is 31.8 Å². The summed E-state index contributed by atoms with van der Waals surface area (Å²) in [5.74, 6) is -0.353. The number of halogens is 1. The molecule has 1 fully saturated rings. The Hall–Kier alpha value is -3.26. The van der Waals surface area contributed by atoms with Crippen molar-refractivity contribution in [1.29, 1.82) is 0 Å². The number of amides is 1. The van der Waals surface area contributed by atoms with Crippen LogP contribution in [0.3, 0.4) is 0 Å². The number of nitrogens with one attached hydrogen (secondary N) is 1. The number of aryl methyl sites for hydroxylation is 1. The minimum absolute atomic E-state index is 0.0837. The molecular weight excluding hydrogens is 409 g/mol. The molecule has 1 aliphatic heterocycles. The van der Waals surface area contributed by atoms with Gasteiger partial charge in [-0.3, -0.25) is 19.4 Å². The summed E-state index contributed by atoms with van der Waals surface area (Å²) in [6, 6.07) is 12.7. The van der Waals surface area contributed by atoms with Gasteiger partial charge in [0.05, 0.1) is 24.9 Å². The van der Waals surface area contributed by atoms with Crippen LogP contribution in [0.25, 0.3) is 11.4 Å². The van der Waals surface area contributed by atoms with Crippen LogP contribution in [0, 0.1) is 5.82 Å². The highest BCUT2D eigenvalue weighted by molar-refractivity contribution is 5.78. The number of piperidine rings is 1. The summed E-state index contributed by atoms with van der Waals surface area (Å²) in [5.41, 5.74) is 3.51. The topological polar surface area (TPSA) is 72.3 Å². The minimum Gasteiger partial charge on any atom is -0.494 e. The molecule has 1 aromatic carbocycles. The summed E-state index contributed by atoms with van der Waals surface area (Å²) in [4.78, 5) is 19.2. The van der Waals surface area contributed by atoms with Gasteiger partial charge in [0.25, 0.3) is 0 Å². The molecule has 0 saturated carbocycles. The van der Waals surface area contributed by atoms with E-state index in [1.807, 2.05) is 29.9 Å². The number of nitrogens with zero attached hydrogens (tertiary/aromatic N) is 4. The number of hydrogen-bond donors (Lipinski definition) is 1. The van der Waals surface area contributed by atoms with E-state index in [4.69, 9.17) is 4.74 Å². The highest BCUT2D eigenvalue weighted by atomic mass is 19.1. The van der Waals surface area contributed by atoms with Crippen LogP contribution in [-0.2, 0) is 24.8 Å². The normalized spacial score (nSPS) is 15.0. The summed E-state index contributed by atoms with van der Waals surface area (Å²) >= 11 is 0. The maximum atomic E-state index is 13.8. The van der Waals surface area contributed by atoms with Crippen molar-refractivity contribution >= 4 is 5.91 Å². The highest BCUT2D eigenvalue weighted by Gasteiger charge is 2.22. The van der Waals surface area contributed by atoms with Gasteiger partial charge in [-0.15, -0.1) is 0 Å². The standard InChI is InChI=1S/C24H28FN5O2/c1-29-19(15-22(28-29)21-5-3-4-10-26-21)16-30-11-8-18(9-12-30)27-24(31)14-17-6-7-23(32-2)20(25)13-17/h3-7,10,13,15,18H,8-9,11-12,14,16H2,1-2H3,(H,27,31). The first-order valence-electron chi connectivity index (χ1n) is 10.8. The lowest BCUT2D eigenvalue weighted by Gasteiger charge is -2.32. The van der Waals surface area contributed by atoms with Crippen LogP contribution in [0.5, 0.6) is 5.75 Å². The van der Waals surface area contributed by atoms with Gasteiger partial charge in [-0.1, -0.05) is 12.1 Å². The lowest BCUT2D eigenvalue weighted by Crippen LogP contribution is -2.44. The Morgan fingerprint density at radius 1 is 1.19 bits per heavy atom. The Morgan fingerprint density at radius 3 is 2.69 bits per heavy atom. The van der Waals surface area contributed by atoms with Gasteiger partial charge >= 0.3 is 0 Å². The van der Waals surface area contributed by atoms with E-state index in [0.717, 1.165) is 49.6 Å². The first-order valence-corrected chi connectivity index (χ1v) is 10.8. The number of ether oxygens (including phenoxy) is 1. The number of aromatic nitrogens is 3. The van der Waals surface area contributed by atoms with Crippen molar-refractivity contribution in [2.75, 3.05) is 20.2 Å². The van der Waals surface area contributed by atoms with E-state index in [1.54, 1.807) is 18.3 Å². The third-order valence-electron chi connectivity index (χ3n) is 5.82. The van der Waals surface area contributed by atoms with E-state index in [0.29, 0.717) is 5.56 Å². The van der Waals surface area contributed by atoms with E-state index >= 15 is 0 Å². The minimum atomic E-state index is -0.451. The predicted molar refractivity (Wildman–Crippen MR) is 120 cm³/mol. The van der Waals surface area contributed by atoms with Crippen molar-refractivity contribution in [3.8, 4) is 17.1 Å². The SMILES string of the molecule is COc1ccc(CC(=O)NC2CCN(Cc3cc(-c4ccccn4)nn3C)CC2)cc1F. The number of rotatable bonds is 7. The second-order valence-corrected chi connectivity index (χ2v) is 8.12. The lowest BCUT2D eigenvalue weighted by molar-refractivity contribution is -0.121. The molecule has 0 aliphatic carbocycles. The second kappa shape index (κ2) is 9.91. The molecule has 3 aromatic rings. The molecule has 1 aliphatic rings. The zero-order valence-corrected chi connectivity index (χ0v) is 18.4. The van der Waals surface area contributed by atoms with Crippen LogP contribution in [0.15, 0.2) is 48.7 Å². The summed E-state index contributed by atoms with van der Waals surface area (Å²) in [7, 11) is 3.38. The molecule has 0 atom stereocenters. The first-order chi connectivity index (χ1) is 15.5. The maximum absolute atomic E-state index is 13.8. The fourth-order valence-electron chi connectivity index (χ4n) is 4.04. The van der Waals surface area contributed by atoms with Gasteiger partial charge in [-0.05, 0) is 48.7 Å². The fraction of sp³-hybridized carbons (Fsp3) is 0.375. The number of pyridine rings is 1. The van der Waals surface area contributed by atoms with Crippen LogP contribution in [0.4, 0.5) is 4.39 Å². The number of carbonyl (C=O) groups is 1. The molecule has 1 N–H and O–H groups in total. The molecule has 0 bridgehead atoms.